The third-order valence-electron chi connectivity index (χ3n) is 6.94. The molecule has 0 saturated heterocycles. The van der Waals surface area contributed by atoms with E-state index < -0.39 is 5.60 Å². The van der Waals surface area contributed by atoms with Crippen molar-refractivity contribution in [2.24, 2.45) is 11.8 Å². The summed E-state index contributed by atoms with van der Waals surface area (Å²) in [5.74, 6) is 1.38. The zero-order valence-electron chi connectivity index (χ0n) is 20.4. The highest BCUT2D eigenvalue weighted by Crippen LogP contribution is 2.37. The molecule has 0 radical (unpaired) electrons. The monoisotopic (exact) mass is 448 g/mol. The summed E-state index contributed by atoms with van der Waals surface area (Å²) < 4.78 is 2.09. The molecule has 2 heterocycles. The summed E-state index contributed by atoms with van der Waals surface area (Å²) >= 11 is 0. The van der Waals surface area contributed by atoms with Crippen LogP contribution in [0, 0.1) is 18.8 Å². The highest BCUT2D eigenvalue weighted by molar-refractivity contribution is 5.96. The Bertz CT molecular complexity index is 1130. The second-order valence-electron chi connectivity index (χ2n) is 10.4. The molecule has 0 unspecified atom stereocenters. The largest absolute Gasteiger partial charge is 0.386 e. The lowest BCUT2D eigenvalue weighted by Gasteiger charge is -2.30. The number of nitrogens with zero attached hydrogens (tertiary/aromatic N) is 3. The maximum Gasteiger partial charge on any atom is 0.230 e. The van der Waals surface area contributed by atoms with Gasteiger partial charge >= 0.3 is 0 Å². The van der Waals surface area contributed by atoms with Crippen molar-refractivity contribution < 1.29 is 9.90 Å². The van der Waals surface area contributed by atoms with Crippen molar-refractivity contribution in [1.29, 1.82) is 0 Å². The van der Waals surface area contributed by atoms with Crippen LogP contribution in [0.5, 0.6) is 0 Å². The lowest BCUT2D eigenvalue weighted by Crippen LogP contribution is -2.22. The highest BCUT2D eigenvalue weighted by Gasteiger charge is 2.26. The van der Waals surface area contributed by atoms with Gasteiger partial charge in [-0.25, -0.2) is 0 Å². The maximum absolute atomic E-state index is 12.8. The Morgan fingerprint density at radius 3 is 2.58 bits per heavy atom. The Morgan fingerprint density at radius 1 is 1.21 bits per heavy atom. The Morgan fingerprint density at radius 2 is 1.94 bits per heavy atom. The summed E-state index contributed by atoms with van der Waals surface area (Å²) in [5.41, 5.74) is 2.62. The zero-order valence-corrected chi connectivity index (χ0v) is 20.4. The Labute approximate surface area is 196 Å². The van der Waals surface area contributed by atoms with Gasteiger partial charge in [-0.05, 0) is 82.6 Å². The van der Waals surface area contributed by atoms with Gasteiger partial charge in [-0.15, -0.1) is 0 Å². The number of fused-ring (bicyclic) bond motifs is 1. The summed E-state index contributed by atoms with van der Waals surface area (Å²) in [6.45, 7) is 10.0. The first-order valence-electron chi connectivity index (χ1n) is 12.1. The number of pyridine rings is 1. The van der Waals surface area contributed by atoms with E-state index >= 15 is 0 Å². The number of benzene rings is 1. The van der Waals surface area contributed by atoms with Crippen LogP contribution < -0.4 is 5.32 Å². The minimum atomic E-state index is -1.11. The normalized spacial score (nSPS) is 19.2. The third kappa shape index (κ3) is 5.44. The van der Waals surface area contributed by atoms with E-state index in [2.05, 4.69) is 35.0 Å². The molecule has 0 aliphatic heterocycles. The summed E-state index contributed by atoms with van der Waals surface area (Å²) in [5, 5.41) is 19.6. The van der Waals surface area contributed by atoms with E-state index in [0.29, 0.717) is 17.3 Å². The zero-order chi connectivity index (χ0) is 23.8. The molecule has 6 heteroatoms. The highest BCUT2D eigenvalue weighted by atomic mass is 16.3. The molecule has 1 amide bonds. The molecular weight excluding hydrogens is 412 g/mol. The third-order valence-corrected chi connectivity index (χ3v) is 6.94. The fraction of sp³-hybridized carbons (Fsp3) is 0.519. The first kappa shape index (κ1) is 23.4. The predicted octanol–water partition coefficient (Wildman–Crippen LogP) is 5.54. The molecule has 1 saturated carbocycles. The van der Waals surface area contributed by atoms with Gasteiger partial charge in [0.05, 0.1) is 23.6 Å². The molecule has 1 aliphatic carbocycles. The fourth-order valence-electron chi connectivity index (χ4n) is 4.98. The Balaban J connectivity index is 1.58. The van der Waals surface area contributed by atoms with Gasteiger partial charge in [-0.1, -0.05) is 19.9 Å². The summed E-state index contributed by atoms with van der Waals surface area (Å²) in [6, 6.07) is 9.92. The number of rotatable bonds is 6. The van der Waals surface area contributed by atoms with E-state index in [0.717, 1.165) is 47.0 Å². The molecule has 33 heavy (non-hydrogen) atoms. The predicted molar refractivity (Wildman–Crippen MR) is 132 cm³/mol. The molecule has 2 N–H and O–H groups in total. The second kappa shape index (κ2) is 9.26. The standard InChI is InChI=1S/C27H36N4O2/c1-17(2)19-9-11-22(12-10-19)31-16-20-13-25(23(27(4,5)33)15-24(20)30-31)29-26(32)14-21-8-6-7-18(3)28-21/h6-8,13,15-17,19,22,33H,9-12,14H2,1-5H3,(H,29,32). The Kier molecular flexibility index (Phi) is 6.57. The molecule has 3 aromatic rings. The number of anilines is 1. The average molecular weight is 449 g/mol. The fourth-order valence-corrected chi connectivity index (χ4v) is 4.98. The van der Waals surface area contributed by atoms with Gasteiger partial charge in [0, 0.05) is 34.2 Å². The molecule has 1 aliphatic rings. The first-order chi connectivity index (χ1) is 15.6. The van der Waals surface area contributed by atoms with Gasteiger partial charge in [-0.3, -0.25) is 14.5 Å². The minimum absolute atomic E-state index is 0.155. The van der Waals surface area contributed by atoms with E-state index in [-0.39, 0.29) is 12.3 Å². The number of carbonyl (C=O) groups excluding carboxylic acids is 1. The lowest BCUT2D eigenvalue weighted by atomic mass is 9.80. The molecule has 6 nitrogen and oxygen atoms in total. The molecule has 4 rings (SSSR count). The first-order valence-corrected chi connectivity index (χ1v) is 12.1. The van der Waals surface area contributed by atoms with E-state index in [1.165, 1.54) is 12.8 Å². The number of aliphatic hydroxyl groups is 1. The smallest absolute Gasteiger partial charge is 0.230 e. The molecular formula is C27H36N4O2. The number of hydrogen-bond donors (Lipinski definition) is 2. The van der Waals surface area contributed by atoms with Gasteiger partial charge in [0.2, 0.25) is 5.91 Å². The molecule has 0 spiro atoms. The van der Waals surface area contributed by atoms with Gasteiger partial charge in [-0.2, -0.15) is 5.10 Å². The van der Waals surface area contributed by atoms with E-state index in [4.69, 9.17) is 5.10 Å². The van der Waals surface area contributed by atoms with Gasteiger partial charge in [0.15, 0.2) is 0 Å². The van der Waals surface area contributed by atoms with Crippen LogP contribution in [0.1, 0.15) is 76.4 Å². The van der Waals surface area contributed by atoms with Crippen molar-refractivity contribution in [2.45, 2.75) is 78.4 Å². The minimum Gasteiger partial charge on any atom is -0.386 e. The van der Waals surface area contributed by atoms with Crippen LogP contribution in [-0.4, -0.2) is 25.8 Å². The van der Waals surface area contributed by atoms with Crippen molar-refractivity contribution in [1.82, 2.24) is 14.8 Å². The van der Waals surface area contributed by atoms with Crippen LogP contribution in [0.25, 0.3) is 10.9 Å². The summed E-state index contributed by atoms with van der Waals surface area (Å²) in [7, 11) is 0. The summed E-state index contributed by atoms with van der Waals surface area (Å²) in [4.78, 5) is 17.2. The topological polar surface area (TPSA) is 80.0 Å². The molecule has 176 valence electrons. The molecule has 0 bridgehead atoms. The van der Waals surface area contributed by atoms with Crippen molar-refractivity contribution in [3.63, 3.8) is 0 Å². The van der Waals surface area contributed by atoms with E-state index in [1.807, 2.05) is 37.3 Å². The maximum atomic E-state index is 12.8. The van der Waals surface area contributed by atoms with Crippen LogP contribution in [0.2, 0.25) is 0 Å². The Hall–Kier alpha value is -2.73. The van der Waals surface area contributed by atoms with Gasteiger partial charge in [0.1, 0.15) is 0 Å². The van der Waals surface area contributed by atoms with Crippen molar-refractivity contribution >= 4 is 22.5 Å². The number of hydrogen-bond acceptors (Lipinski definition) is 4. The van der Waals surface area contributed by atoms with Crippen molar-refractivity contribution in [2.75, 3.05) is 5.32 Å². The van der Waals surface area contributed by atoms with Gasteiger partial charge < -0.3 is 10.4 Å². The van der Waals surface area contributed by atoms with Crippen molar-refractivity contribution in [3.8, 4) is 0 Å². The quantitative estimate of drug-likeness (QED) is 0.519. The van der Waals surface area contributed by atoms with E-state index in [9.17, 15) is 9.90 Å². The van der Waals surface area contributed by atoms with Crippen LogP contribution in [0.3, 0.4) is 0 Å². The lowest BCUT2D eigenvalue weighted by molar-refractivity contribution is -0.115. The van der Waals surface area contributed by atoms with Crippen LogP contribution in [-0.2, 0) is 16.8 Å². The molecule has 2 aromatic heterocycles. The number of carbonyl (C=O) groups is 1. The van der Waals surface area contributed by atoms with E-state index in [1.54, 1.807) is 13.8 Å². The average Bonchev–Trinajstić information content (AvgIpc) is 3.15. The molecule has 1 aromatic carbocycles. The van der Waals surface area contributed by atoms with Crippen molar-refractivity contribution in [3.05, 3.63) is 53.5 Å². The number of nitrogens with one attached hydrogen (secondary N) is 1. The molecule has 1 fully saturated rings. The van der Waals surface area contributed by atoms with Gasteiger partial charge in [0.25, 0.3) is 0 Å². The number of aromatic nitrogens is 3. The summed E-state index contributed by atoms with van der Waals surface area (Å²) in [6.07, 6.45) is 7.03. The van der Waals surface area contributed by atoms with Crippen LogP contribution in [0.15, 0.2) is 36.5 Å². The molecule has 0 atom stereocenters. The number of amides is 1. The SMILES string of the molecule is Cc1cccc(CC(=O)Nc2cc3cn(C4CCC(C(C)C)CC4)nc3cc2C(C)(C)O)n1. The van der Waals surface area contributed by atoms with Crippen LogP contribution >= 0.6 is 0 Å². The van der Waals surface area contributed by atoms with Crippen LogP contribution in [0.4, 0.5) is 5.69 Å². The number of aryl methyl sites for hydroxylation is 1. The second-order valence-corrected chi connectivity index (χ2v) is 10.4.